The van der Waals surface area contributed by atoms with Crippen molar-refractivity contribution in [3.8, 4) is 0 Å². The molecular formula is C14H19N3S. The Kier molecular flexibility index (Phi) is 4.44. The van der Waals surface area contributed by atoms with Gasteiger partial charge < -0.3 is 5.32 Å². The predicted octanol–water partition coefficient (Wildman–Crippen LogP) is 2.91. The second kappa shape index (κ2) is 6.07. The van der Waals surface area contributed by atoms with Crippen molar-refractivity contribution >= 4 is 11.3 Å². The summed E-state index contributed by atoms with van der Waals surface area (Å²) < 4.78 is 0. The van der Waals surface area contributed by atoms with E-state index in [2.05, 4.69) is 33.7 Å². The molecule has 0 bridgehead atoms. The van der Waals surface area contributed by atoms with Gasteiger partial charge >= 0.3 is 0 Å². The van der Waals surface area contributed by atoms with Crippen LogP contribution in [-0.2, 0) is 12.8 Å². The average molecular weight is 261 g/mol. The van der Waals surface area contributed by atoms with E-state index in [1.807, 2.05) is 26.4 Å². The van der Waals surface area contributed by atoms with Gasteiger partial charge in [-0.1, -0.05) is 6.92 Å². The third-order valence-electron chi connectivity index (χ3n) is 3.13. The maximum atomic E-state index is 4.54. The van der Waals surface area contributed by atoms with Crippen LogP contribution in [0.3, 0.4) is 0 Å². The van der Waals surface area contributed by atoms with Crippen LogP contribution in [0.15, 0.2) is 23.8 Å². The summed E-state index contributed by atoms with van der Waals surface area (Å²) in [5.41, 5.74) is 3.81. The molecule has 0 aromatic carbocycles. The highest BCUT2D eigenvalue weighted by Crippen LogP contribution is 2.22. The molecule has 2 aromatic rings. The maximum absolute atomic E-state index is 4.54. The quantitative estimate of drug-likeness (QED) is 0.899. The number of rotatable bonds is 5. The fraction of sp³-hybridized carbons (Fsp3) is 0.429. The van der Waals surface area contributed by atoms with Crippen LogP contribution in [0.1, 0.15) is 34.8 Å². The Bertz CT molecular complexity index is 507. The van der Waals surface area contributed by atoms with Crippen LogP contribution in [0.25, 0.3) is 0 Å². The van der Waals surface area contributed by atoms with E-state index < -0.39 is 0 Å². The zero-order valence-corrected chi connectivity index (χ0v) is 11.9. The summed E-state index contributed by atoms with van der Waals surface area (Å²) in [5, 5.41) is 6.66. The van der Waals surface area contributed by atoms with Crippen LogP contribution >= 0.6 is 11.3 Å². The van der Waals surface area contributed by atoms with E-state index in [0.29, 0.717) is 6.04 Å². The molecular weight excluding hydrogens is 242 g/mol. The molecule has 1 unspecified atom stereocenters. The van der Waals surface area contributed by atoms with E-state index in [9.17, 15) is 0 Å². The Morgan fingerprint density at radius 2 is 2.28 bits per heavy atom. The normalized spacial score (nSPS) is 12.6. The van der Waals surface area contributed by atoms with Crippen molar-refractivity contribution in [1.82, 2.24) is 15.3 Å². The lowest BCUT2D eigenvalue weighted by atomic mass is 9.97. The molecule has 0 amide bonds. The van der Waals surface area contributed by atoms with Gasteiger partial charge in [-0.05, 0) is 37.6 Å². The molecule has 0 saturated heterocycles. The van der Waals surface area contributed by atoms with Crippen molar-refractivity contribution in [3.05, 3.63) is 45.7 Å². The molecule has 0 aliphatic heterocycles. The third-order valence-corrected chi connectivity index (χ3v) is 3.95. The summed E-state index contributed by atoms with van der Waals surface area (Å²) in [6, 6.07) is 2.42. The molecule has 18 heavy (non-hydrogen) atoms. The minimum atomic E-state index is 0.310. The molecule has 1 atom stereocenters. The second-order valence-corrected chi connectivity index (χ2v) is 5.39. The van der Waals surface area contributed by atoms with Crippen LogP contribution in [-0.4, -0.2) is 17.0 Å². The largest absolute Gasteiger partial charge is 0.313 e. The highest BCUT2D eigenvalue weighted by molar-refractivity contribution is 7.09. The lowest BCUT2D eigenvalue weighted by Crippen LogP contribution is -2.20. The van der Waals surface area contributed by atoms with Gasteiger partial charge in [0, 0.05) is 30.2 Å². The summed E-state index contributed by atoms with van der Waals surface area (Å²) in [6.07, 6.45) is 5.77. The number of thiazole rings is 1. The van der Waals surface area contributed by atoms with Crippen LogP contribution in [0.5, 0.6) is 0 Å². The number of aryl methyl sites for hydroxylation is 2. The first-order chi connectivity index (χ1) is 8.74. The minimum absolute atomic E-state index is 0.310. The minimum Gasteiger partial charge on any atom is -0.313 e. The molecule has 0 radical (unpaired) electrons. The van der Waals surface area contributed by atoms with Crippen molar-refractivity contribution in [2.75, 3.05) is 7.05 Å². The van der Waals surface area contributed by atoms with Crippen molar-refractivity contribution in [2.45, 2.75) is 32.7 Å². The zero-order chi connectivity index (χ0) is 13.0. The summed E-state index contributed by atoms with van der Waals surface area (Å²) in [7, 11) is 2.00. The number of nitrogens with zero attached hydrogens (tertiary/aromatic N) is 2. The summed E-state index contributed by atoms with van der Waals surface area (Å²) in [5.74, 6) is 0. The molecule has 3 nitrogen and oxygen atoms in total. The van der Waals surface area contributed by atoms with E-state index in [1.165, 1.54) is 11.1 Å². The first-order valence-electron chi connectivity index (χ1n) is 6.25. The molecule has 0 saturated carbocycles. The zero-order valence-electron chi connectivity index (χ0n) is 11.1. The Labute approximate surface area is 112 Å². The van der Waals surface area contributed by atoms with E-state index in [-0.39, 0.29) is 0 Å². The Balaban J connectivity index is 2.22. The third kappa shape index (κ3) is 2.94. The molecule has 0 aliphatic rings. The van der Waals surface area contributed by atoms with Gasteiger partial charge in [-0.25, -0.2) is 4.98 Å². The molecule has 2 heterocycles. The molecule has 0 fully saturated rings. The van der Waals surface area contributed by atoms with Crippen molar-refractivity contribution < 1.29 is 0 Å². The lowest BCUT2D eigenvalue weighted by molar-refractivity contribution is 0.579. The number of nitrogens with one attached hydrogen (secondary N) is 1. The van der Waals surface area contributed by atoms with Gasteiger partial charge in [0.15, 0.2) is 0 Å². The first-order valence-corrected chi connectivity index (χ1v) is 7.13. The van der Waals surface area contributed by atoms with Crippen molar-refractivity contribution in [2.24, 2.45) is 0 Å². The van der Waals surface area contributed by atoms with Gasteiger partial charge in [0.1, 0.15) is 0 Å². The molecule has 96 valence electrons. The Hall–Kier alpha value is -1.26. The van der Waals surface area contributed by atoms with Gasteiger partial charge in [-0.2, -0.15) is 0 Å². The van der Waals surface area contributed by atoms with E-state index >= 15 is 0 Å². The molecule has 2 rings (SSSR count). The number of aromatic nitrogens is 2. The van der Waals surface area contributed by atoms with Gasteiger partial charge in [0.2, 0.25) is 0 Å². The van der Waals surface area contributed by atoms with E-state index in [4.69, 9.17) is 0 Å². The summed E-state index contributed by atoms with van der Waals surface area (Å²) in [6.45, 7) is 4.21. The average Bonchev–Trinajstić information content (AvgIpc) is 2.81. The molecule has 2 aromatic heterocycles. The number of hydrogen-bond donors (Lipinski definition) is 1. The SMILES string of the molecule is CCc1cnccc1C(Cc1csc(C)n1)NC. The van der Waals surface area contributed by atoms with Crippen LogP contribution in [0.2, 0.25) is 0 Å². The van der Waals surface area contributed by atoms with Gasteiger partial charge in [0.25, 0.3) is 0 Å². The molecule has 0 aliphatic carbocycles. The smallest absolute Gasteiger partial charge is 0.0897 e. The number of likely N-dealkylation sites (N-methyl/N-ethyl adjacent to an activating group) is 1. The maximum Gasteiger partial charge on any atom is 0.0897 e. The Morgan fingerprint density at radius 3 is 2.89 bits per heavy atom. The first kappa shape index (κ1) is 13.2. The highest BCUT2D eigenvalue weighted by Gasteiger charge is 2.14. The van der Waals surface area contributed by atoms with Gasteiger partial charge in [-0.3, -0.25) is 4.98 Å². The summed E-state index contributed by atoms with van der Waals surface area (Å²) in [4.78, 5) is 8.75. The number of pyridine rings is 1. The highest BCUT2D eigenvalue weighted by atomic mass is 32.1. The second-order valence-electron chi connectivity index (χ2n) is 4.33. The molecule has 4 heteroatoms. The van der Waals surface area contributed by atoms with Crippen LogP contribution in [0.4, 0.5) is 0 Å². The fourth-order valence-corrected chi connectivity index (χ4v) is 2.78. The molecule has 1 N–H and O–H groups in total. The van der Waals surface area contributed by atoms with Crippen LogP contribution in [0, 0.1) is 6.92 Å². The van der Waals surface area contributed by atoms with Gasteiger partial charge in [0.05, 0.1) is 10.7 Å². The monoisotopic (exact) mass is 261 g/mol. The van der Waals surface area contributed by atoms with Crippen molar-refractivity contribution in [1.29, 1.82) is 0 Å². The van der Waals surface area contributed by atoms with Crippen LogP contribution < -0.4 is 5.32 Å². The summed E-state index contributed by atoms with van der Waals surface area (Å²) >= 11 is 1.71. The fourth-order valence-electron chi connectivity index (χ4n) is 2.15. The number of hydrogen-bond acceptors (Lipinski definition) is 4. The van der Waals surface area contributed by atoms with Crippen molar-refractivity contribution in [3.63, 3.8) is 0 Å². The lowest BCUT2D eigenvalue weighted by Gasteiger charge is -2.18. The standard InChI is InChI=1S/C14H19N3S/c1-4-11-8-16-6-5-13(11)14(15-3)7-12-9-18-10(2)17-12/h5-6,8-9,14-15H,4,7H2,1-3H3. The van der Waals surface area contributed by atoms with E-state index in [1.54, 1.807) is 11.3 Å². The predicted molar refractivity (Wildman–Crippen MR) is 76.0 cm³/mol. The van der Waals surface area contributed by atoms with E-state index in [0.717, 1.165) is 23.5 Å². The van der Waals surface area contributed by atoms with Gasteiger partial charge in [-0.15, -0.1) is 11.3 Å². The molecule has 0 spiro atoms. The topological polar surface area (TPSA) is 37.8 Å². The Morgan fingerprint density at radius 1 is 1.44 bits per heavy atom.